The van der Waals surface area contributed by atoms with Crippen LogP contribution in [0.1, 0.15) is 32.6 Å². The van der Waals surface area contributed by atoms with Gasteiger partial charge in [-0.25, -0.2) is 0 Å². The molecule has 0 aromatic rings. The van der Waals surface area contributed by atoms with Gasteiger partial charge < -0.3 is 15.1 Å². The Hall–Kier alpha value is -0.460. The minimum Gasteiger partial charge on any atom is -0.338 e. The van der Waals surface area contributed by atoms with E-state index in [0.29, 0.717) is 11.9 Å². The zero-order valence-corrected chi connectivity index (χ0v) is 14.8. The fourth-order valence-electron chi connectivity index (χ4n) is 3.61. The van der Waals surface area contributed by atoms with Crippen LogP contribution in [0.25, 0.3) is 0 Å². The summed E-state index contributed by atoms with van der Waals surface area (Å²) in [4.78, 5) is 29.2. The number of carbonyl (C=O) groups is 2. The molecule has 3 fully saturated rings. The first-order valence-electron chi connectivity index (χ1n) is 8.07. The molecule has 1 N–H and O–H groups in total. The largest absolute Gasteiger partial charge is 0.338 e. The van der Waals surface area contributed by atoms with Crippen molar-refractivity contribution in [2.45, 2.75) is 44.7 Å². The Morgan fingerprint density at radius 3 is 2.59 bits per heavy atom. The first-order chi connectivity index (χ1) is 10.2. The van der Waals surface area contributed by atoms with E-state index in [9.17, 15) is 9.59 Å². The molecular weight excluding hydrogens is 322 g/mol. The molecule has 2 saturated heterocycles. The van der Waals surface area contributed by atoms with Gasteiger partial charge in [0.25, 0.3) is 0 Å². The summed E-state index contributed by atoms with van der Waals surface area (Å²) in [5.41, 5.74) is 0. The van der Waals surface area contributed by atoms with Crippen LogP contribution >= 0.6 is 24.2 Å². The lowest BCUT2D eigenvalue weighted by Gasteiger charge is -2.35. The van der Waals surface area contributed by atoms with Crippen LogP contribution in [0.3, 0.4) is 0 Å². The van der Waals surface area contributed by atoms with Gasteiger partial charge in [-0.05, 0) is 19.8 Å². The normalized spacial score (nSPS) is 29.5. The summed E-state index contributed by atoms with van der Waals surface area (Å²) in [5, 5.41) is 3.36. The Kier molecular flexibility index (Phi) is 6.41. The summed E-state index contributed by atoms with van der Waals surface area (Å²) in [7, 11) is 0. The molecule has 3 aliphatic rings. The zero-order valence-electron chi connectivity index (χ0n) is 13.1. The van der Waals surface area contributed by atoms with E-state index in [4.69, 9.17) is 0 Å². The number of thioether (sulfide) groups is 1. The van der Waals surface area contributed by atoms with Crippen LogP contribution in [0.2, 0.25) is 0 Å². The van der Waals surface area contributed by atoms with Gasteiger partial charge in [-0.3, -0.25) is 9.59 Å². The van der Waals surface area contributed by atoms with Crippen LogP contribution in [0.5, 0.6) is 0 Å². The van der Waals surface area contributed by atoms with Crippen molar-refractivity contribution < 1.29 is 9.59 Å². The second-order valence-electron chi connectivity index (χ2n) is 6.44. The lowest BCUT2D eigenvalue weighted by molar-refractivity contribution is -0.146. The van der Waals surface area contributed by atoms with Crippen molar-refractivity contribution in [1.82, 2.24) is 15.1 Å². The summed E-state index contributed by atoms with van der Waals surface area (Å²) >= 11 is 1.71. The minimum absolute atomic E-state index is 0. The van der Waals surface area contributed by atoms with Crippen molar-refractivity contribution in [1.29, 1.82) is 0 Å². The number of carbonyl (C=O) groups excluding carboxylic acids is 2. The molecule has 5 nitrogen and oxygen atoms in total. The summed E-state index contributed by atoms with van der Waals surface area (Å²) in [6.07, 6.45) is 4.33. The lowest BCUT2D eigenvalue weighted by Crippen LogP contribution is -2.57. The third-order valence-electron chi connectivity index (χ3n) is 4.84. The third kappa shape index (κ3) is 3.71. The lowest BCUT2D eigenvalue weighted by atomic mass is 10.1. The fraction of sp³-hybridized carbons (Fsp3) is 0.867. The molecule has 0 spiro atoms. The maximum absolute atomic E-state index is 12.8. The Morgan fingerprint density at radius 1 is 1.18 bits per heavy atom. The minimum atomic E-state index is -0.228. The van der Waals surface area contributed by atoms with Gasteiger partial charge in [0.2, 0.25) is 11.8 Å². The van der Waals surface area contributed by atoms with Gasteiger partial charge in [0.1, 0.15) is 6.04 Å². The highest BCUT2D eigenvalue weighted by Crippen LogP contribution is 2.31. The van der Waals surface area contributed by atoms with Gasteiger partial charge in [0, 0.05) is 37.3 Å². The number of nitrogens with zero attached hydrogens (tertiary/aromatic N) is 2. The van der Waals surface area contributed by atoms with E-state index in [1.165, 1.54) is 0 Å². The number of piperazine rings is 1. The number of hydrogen-bond donors (Lipinski definition) is 1. The molecule has 2 atom stereocenters. The molecule has 0 aromatic carbocycles. The van der Waals surface area contributed by atoms with Crippen molar-refractivity contribution in [2.24, 2.45) is 5.92 Å². The van der Waals surface area contributed by atoms with E-state index in [-0.39, 0.29) is 36.2 Å². The molecule has 2 heterocycles. The smallest absolute Gasteiger partial charge is 0.246 e. The predicted octanol–water partition coefficient (Wildman–Crippen LogP) is 1.32. The fourth-order valence-corrected chi connectivity index (χ4v) is 4.77. The molecule has 2 aliphatic heterocycles. The molecule has 0 radical (unpaired) electrons. The van der Waals surface area contributed by atoms with Gasteiger partial charge in [-0.2, -0.15) is 0 Å². The Labute approximate surface area is 142 Å². The molecule has 0 bridgehead atoms. The summed E-state index contributed by atoms with van der Waals surface area (Å²) in [6, 6.07) is 0.115. The SMILES string of the molecule is CC1CN(C(=O)C2CSCN2C(=O)C2CCCC2)CCN1.Cl. The maximum Gasteiger partial charge on any atom is 0.246 e. The third-order valence-corrected chi connectivity index (χ3v) is 5.85. The monoisotopic (exact) mass is 347 g/mol. The summed E-state index contributed by atoms with van der Waals surface area (Å²) in [5.74, 6) is 1.99. The summed E-state index contributed by atoms with van der Waals surface area (Å²) in [6.45, 7) is 4.47. The quantitative estimate of drug-likeness (QED) is 0.818. The van der Waals surface area contributed by atoms with Gasteiger partial charge in [-0.15, -0.1) is 24.2 Å². The molecular formula is C15H26ClN3O2S. The van der Waals surface area contributed by atoms with E-state index in [0.717, 1.165) is 51.1 Å². The van der Waals surface area contributed by atoms with E-state index >= 15 is 0 Å². The molecule has 0 aromatic heterocycles. The molecule has 7 heteroatoms. The van der Waals surface area contributed by atoms with Crippen LogP contribution in [0.4, 0.5) is 0 Å². The number of amides is 2. The number of hydrogen-bond acceptors (Lipinski definition) is 4. The Balaban J connectivity index is 0.00000176. The second kappa shape index (κ2) is 7.88. The first kappa shape index (κ1) is 17.9. The number of nitrogens with one attached hydrogen (secondary N) is 1. The van der Waals surface area contributed by atoms with Gasteiger partial charge in [-0.1, -0.05) is 12.8 Å². The topological polar surface area (TPSA) is 52.7 Å². The Bertz CT molecular complexity index is 418. The predicted molar refractivity (Wildman–Crippen MR) is 91.2 cm³/mol. The zero-order chi connectivity index (χ0) is 14.8. The van der Waals surface area contributed by atoms with Crippen molar-refractivity contribution in [3.8, 4) is 0 Å². The first-order valence-corrected chi connectivity index (χ1v) is 9.22. The highest BCUT2D eigenvalue weighted by molar-refractivity contribution is 7.99. The molecule has 1 saturated carbocycles. The molecule has 2 unspecified atom stereocenters. The van der Waals surface area contributed by atoms with Crippen molar-refractivity contribution in [3.63, 3.8) is 0 Å². The van der Waals surface area contributed by atoms with Crippen LogP contribution in [-0.4, -0.2) is 65.0 Å². The summed E-state index contributed by atoms with van der Waals surface area (Å²) < 4.78 is 0. The standard InChI is InChI=1S/C15H25N3O2S.ClH/c1-11-8-17(7-6-16-11)15(20)13-9-21-10-18(13)14(19)12-4-2-3-5-12;/h11-13,16H,2-10H2,1H3;1H. The van der Waals surface area contributed by atoms with Crippen molar-refractivity contribution >= 4 is 36.0 Å². The number of rotatable bonds is 2. The highest BCUT2D eigenvalue weighted by Gasteiger charge is 2.40. The van der Waals surface area contributed by atoms with Crippen molar-refractivity contribution in [3.05, 3.63) is 0 Å². The van der Waals surface area contributed by atoms with Crippen LogP contribution in [-0.2, 0) is 9.59 Å². The molecule has 3 rings (SSSR count). The molecule has 126 valence electrons. The van der Waals surface area contributed by atoms with E-state index in [2.05, 4.69) is 12.2 Å². The van der Waals surface area contributed by atoms with Gasteiger partial charge >= 0.3 is 0 Å². The van der Waals surface area contributed by atoms with Gasteiger partial charge in [0.15, 0.2) is 0 Å². The number of halogens is 1. The van der Waals surface area contributed by atoms with E-state index in [1.807, 2.05) is 9.80 Å². The second-order valence-corrected chi connectivity index (χ2v) is 7.44. The highest BCUT2D eigenvalue weighted by atomic mass is 35.5. The van der Waals surface area contributed by atoms with Crippen LogP contribution < -0.4 is 5.32 Å². The van der Waals surface area contributed by atoms with E-state index < -0.39 is 0 Å². The average Bonchev–Trinajstić information content (AvgIpc) is 3.17. The molecule has 22 heavy (non-hydrogen) atoms. The van der Waals surface area contributed by atoms with Crippen LogP contribution in [0.15, 0.2) is 0 Å². The molecule has 2 amide bonds. The van der Waals surface area contributed by atoms with E-state index in [1.54, 1.807) is 11.8 Å². The maximum atomic E-state index is 12.8. The molecule has 1 aliphatic carbocycles. The van der Waals surface area contributed by atoms with Gasteiger partial charge in [0.05, 0.1) is 5.88 Å². The van der Waals surface area contributed by atoms with Crippen LogP contribution in [0, 0.1) is 5.92 Å². The average molecular weight is 348 g/mol. The van der Waals surface area contributed by atoms with Crippen molar-refractivity contribution in [2.75, 3.05) is 31.3 Å². The Morgan fingerprint density at radius 2 is 1.91 bits per heavy atom.